The summed E-state index contributed by atoms with van der Waals surface area (Å²) < 4.78 is 6.88. The topological polar surface area (TPSA) is 22.1 Å². The Labute approximate surface area is 163 Å². The van der Waals surface area contributed by atoms with Gasteiger partial charge in [0.25, 0.3) is 0 Å². The Hall–Kier alpha value is -2.65. The third kappa shape index (κ3) is 3.88. The van der Waals surface area contributed by atoms with Crippen molar-refractivity contribution < 1.29 is 4.43 Å². The summed E-state index contributed by atoms with van der Waals surface area (Å²) in [7, 11) is -2.61. The first kappa shape index (κ1) is 19.1. The first-order valence-corrected chi connectivity index (χ1v) is 11.3. The second-order valence-corrected chi connectivity index (χ2v) is 11.9. The summed E-state index contributed by atoms with van der Waals surface area (Å²) in [6.45, 7) is 8.82. The summed E-state index contributed by atoms with van der Waals surface area (Å²) in [5, 5.41) is 2.44. The van der Waals surface area contributed by atoms with Crippen molar-refractivity contribution in [3.05, 3.63) is 90.6 Å². The second-order valence-electron chi connectivity index (χ2n) is 7.70. The standard InChI is InChI=1S/C24H27NOSi/c1-5-12-20-17-18-23(25-19-20)26-27(24(2,3)4,21-13-8-6-9-14-21)22-15-10-7-11-16-22/h5-19H,1-4H3/b12-5+. The number of pyridine rings is 1. The maximum absolute atomic E-state index is 6.88. The highest BCUT2D eigenvalue weighted by Crippen LogP contribution is 2.37. The molecule has 138 valence electrons. The summed E-state index contributed by atoms with van der Waals surface area (Å²) in [6, 6.07) is 25.3. The molecule has 0 radical (unpaired) electrons. The minimum atomic E-state index is -2.61. The molecule has 3 rings (SSSR count). The summed E-state index contributed by atoms with van der Waals surface area (Å²) in [4.78, 5) is 4.61. The predicted molar refractivity (Wildman–Crippen MR) is 117 cm³/mol. The highest BCUT2D eigenvalue weighted by atomic mass is 28.4. The molecule has 0 aliphatic carbocycles. The lowest BCUT2D eigenvalue weighted by atomic mass is 10.2. The molecule has 0 spiro atoms. The van der Waals surface area contributed by atoms with Gasteiger partial charge in [-0.25, -0.2) is 4.98 Å². The van der Waals surface area contributed by atoms with Crippen LogP contribution in [0.2, 0.25) is 5.04 Å². The minimum absolute atomic E-state index is 0.0701. The zero-order valence-electron chi connectivity index (χ0n) is 16.5. The first-order chi connectivity index (χ1) is 13.0. The van der Waals surface area contributed by atoms with Crippen LogP contribution in [0.3, 0.4) is 0 Å². The van der Waals surface area contributed by atoms with Crippen molar-refractivity contribution in [2.75, 3.05) is 0 Å². The molecule has 0 unspecified atom stereocenters. The molecule has 0 bridgehead atoms. The Kier molecular flexibility index (Phi) is 5.61. The lowest BCUT2D eigenvalue weighted by molar-refractivity contribution is 0.491. The van der Waals surface area contributed by atoms with E-state index in [1.165, 1.54) is 10.4 Å². The number of rotatable bonds is 5. The van der Waals surface area contributed by atoms with Crippen molar-refractivity contribution >= 4 is 24.8 Å². The van der Waals surface area contributed by atoms with Crippen LogP contribution in [-0.4, -0.2) is 13.3 Å². The van der Waals surface area contributed by atoms with Gasteiger partial charge in [0.1, 0.15) is 0 Å². The van der Waals surface area contributed by atoms with Crippen molar-refractivity contribution in [1.29, 1.82) is 0 Å². The van der Waals surface area contributed by atoms with Gasteiger partial charge in [-0.2, -0.15) is 0 Å². The molecule has 1 heterocycles. The predicted octanol–water partition coefficient (Wildman–Crippen LogP) is 5.05. The molecule has 3 heteroatoms. The molecule has 2 nitrogen and oxygen atoms in total. The summed E-state index contributed by atoms with van der Waals surface area (Å²) in [6.07, 6.45) is 5.92. The number of hydrogen-bond acceptors (Lipinski definition) is 2. The van der Waals surface area contributed by atoms with Crippen LogP contribution in [0.1, 0.15) is 33.3 Å². The van der Waals surface area contributed by atoms with E-state index in [1.54, 1.807) is 0 Å². The van der Waals surface area contributed by atoms with Crippen molar-refractivity contribution in [3.63, 3.8) is 0 Å². The van der Waals surface area contributed by atoms with Gasteiger partial charge in [0.2, 0.25) is 0 Å². The van der Waals surface area contributed by atoms with Crippen molar-refractivity contribution in [2.24, 2.45) is 0 Å². The van der Waals surface area contributed by atoms with E-state index in [1.807, 2.05) is 31.3 Å². The van der Waals surface area contributed by atoms with E-state index < -0.39 is 8.32 Å². The first-order valence-electron chi connectivity index (χ1n) is 9.36. The maximum Gasteiger partial charge on any atom is 0.321 e. The monoisotopic (exact) mass is 373 g/mol. The SMILES string of the molecule is C/C=C/c1ccc(O[Si](c2ccccc2)(c2ccccc2)C(C)(C)C)nc1. The second kappa shape index (κ2) is 7.93. The van der Waals surface area contributed by atoms with Gasteiger partial charge in [-0.05, 0) is 40.0 Å². The number of hydrogen-bond donors (Lipinski definition) is 0. The third-order valence-electron chi connectivity index (χ3n) is 4.79. The molecule has 0 N–H and O–H groups in total. The van der Waals surface area contributed by atoms with Gasteiger partial charge < -0.3 is 4.43 Å². The molecular weight excluding hydrogens is 346 g/mol. The summed E-state index contributed by atoms with van der Waals surface area (Å²) in [5.74, 6) is 0.678. The zero-order valence-corrected chi connectivity index (χ0v) is 17.5. The molecule has 0 atom stereocenters. The van der Waals surface area contributed by atoms with Crippen LogP contribution < -0.4 is 14.8 Å². The average Bonchev–Trinajstić information content (AvgIpc) is 2.68. The molecule has 3 aromatic rings. The van der Waals surface area contributed by atoms with Crippen molar-refractivity contribution in [3.8, 4) is 5.88 Å². The van der Waals surface area contributed by atoms with Gasteiger partial charge in [0.15, 0.2) is 5.88 Å². The molecule has 27 heavy (non-hydrogen) atoms. The number of allylic oxidation sites excluding steroid dienone is 1. The van der Waals surface area contributed by atoms with E-state index in [9.17, 15) is 0 Å². The van der Waals surface area contributed by atoms with Gasteiger partial charge in [-0.3, -0.25) is 0 Å². The van der Waals surface area contributed by atoms with Crippen LogP contribution in [-0.2, 0) is 0 Å². The van der Waals surface area contributed by atoms with E-state index in [-0.39, 0.29) is 5.04 Å². The Morgan fingerprint density at radius 3 is 1.78 bits per heavy atom. The van der Waals surface area contributed by atoms with E-state index in [0.717, 1.165) is 5.56 Å². The molecule has 0 aliphatic heterocycles. The largest absolute Gasteiger partial charge is 0.521 e. The van der Waals surface area contributed by atoms with Gasteiger partial charge in [-0.1, -0.05) is 93.6 Å². The van der Waals surface area contributed by atoms with E-state index in [0.29, 0.717) is 5.88 Å². The van der Waals surface area contributed by atoms with Crippen LogP contribution in [0.5, 0.6) is 5.88 Å². The fraction of sp³-hybridized carbons (Fsp3) is 0.208. The molecule has 0 saturated carbocycles. The van der Waals surface area contributed by atoms with Crippen LogP contribution in [0.4, 0.5) is 0 Å². The van der Waals surface area contributed by atoms with Gasteiger partial charge in [0.05, 0.1) is 0 Å². The van der Waals surface area contributed by atoms with Gasteiger partial charge >= 0.3 is 8.32 Å². The third-order valence-corrected chi connectivity index (χ3v) is 9.71. The number of benzene rings is 2. The normalized spacial score (nSPS) is 12.3. The van der Waals surface area contributed by atoms with Crippen molar-refractivity contribution in [2.45, 2.75) is 32.7 Å². The van der Waals surface area contributed by atoms with Gasteiger partial charge in [-0.15, -0.1) is 0 Å². The molecule has 0 saturated heterocycles. The lowest BCUT2D eigenvalue weighted by Crippen LogP contribution is -2.68. The molecule has 0 fully saturated rings. The van der Waals surface area contributed by atoms with Crippen LogP contribution >= 0.6 is 0 Å². The lowest BCUT2D eigenvalue weighted by Gasteiger charge is -2.42. The van der Waals surface area contributed by atoms with Crippen LogP contribution in [0.25, 0.3) is 6.08 Å². The molecule has 1 aromatic heterocycles. The van der Waals surface area contributed by atoms with Crippen LogP contribution in [0, 0.1) is 0 Å². The summed E-state index contributed by atoms with van der Waals surface area (Å²) in [5.41, 5.74) is 1.08. The quantitative estimate of drug-likeness (QED) is 0.584. The molecule has 2 aromatic carbocycles. The Bertz CT molecular complexity index is 842. The average molecular weight is 374 g/mol. The molecule has 0 aliphatic rings. The minimum Gasteiger partial charge on any atom is -0.521 e. The van der Waals surface area contributed by atoms with Gasteiger partial charge in [0, 0.05) is 6.20 Å². The zero-order chi connectivity index (χ0) is 19.3. The fourth-order valence-corrected chi connectivity index (χ4v) is 7.91. The van der Waals surface area contributed by atoms with E-state index >= 15 is 0 Å². The molecular formula is C24H27NOSi. The maximum atomic E-state index is 6.88. The number of nitrogens with zero attached hydrogens (tertiary/aromatic N) is 1. The smallest absolute Gasteiger partial charge is 0.321 e. The molecule has 0 amide bonds. The highest BCUT2D eigenvalue weighted by molar-refractivity contribution is 7.00. The highest BCUT2D eigenvalue weighted by Gasteiger charge is 2.52. The van der Waals surface area contributed by atoms with Crippen molar-refractivity contribution in [1.82, 2.24) is 4.98 Å². The van der Waals surface area contributed by atoms with E-state index in [2.05, 4.69) is 92.5 Å². The Morgan fingerprint density at radius 2 is 1.37 bits per heavy atom. The Morgan fingerprint density at radius 1 is 0.815 bits per heavy atom. The summed E-state index contributed by atoms with van der Waals surface area (Å²) >= 11 is 0. The fourth-order valence-electron chi connectivity index (χ4n) is 3.55. The van der Waals surface area contributed by atoms with E-state index in [4.69, 9.17) is 4.43 Å². The Balaban J connectivity index is 2.17. The van der Waals surface area contributed by atoms with Crippen LogP contribution in [0.15, 0.2) is 85.1 Å². The number of aromatic nitrogens is 1.